The Bertz CT molecular complexity index is 681. The second-order valence-electron chi connectivity index (χ2n) is 6.34. The van der Waals surface area contributed by atoms with Gasteiger partial charge in [0.05, 0.1) is 18.9 Å². The summed E-state index contributed by atoms with van der Waals surface area (Å²) in [5, 5.41) is 3.51. The topological polar surface area (TPSA) is 51.2 Å². The third-order valence-electron chi connectivity index (χ3n) is 3.14. The molecule has 0 bridgehead atoms. The number of halogens is 1. The SMILES string of the molecule is CC(C)(C)C(=O)Nc1cccc(COCc2cccc(Cl)c2)n1. The molecule has 0 fully saturated rings. The zero-order valence-corrected chi connectivity index (χ0v) is 14.4. The molecule has 0 atom stereocenters. The van der Waals surface area contributed by atoms with Gasteiger partial charge in [-0.15, -0.1) is 0 Å². The molecule has 2 aromatic rings. The normalized spacial score (nSPS) is 11.3. The van der Waals surface area contributed by atoms with Crippen molar-refractivity contribution in [2.24, 2.45) is 5.41 Å². The van der Waals surface area contributed by atoms with Gasteiger partial charge in [-0.05, 0) is 29.8 Å². The molecule has 2 rings (SSSR count). The van der Waals surface area contributed by atoms with E-state index >= 15 is 0 Å². The fourth-order valence-electron chi connectivity index (χ4n) is 1.83. The minimum absolute atomic E-state index is 0.0676. The maximum absolute atomic E-state index is 12.0. The molecule has 122 valence electrons. The third kappa shape index (κ3) is 5.66. The van der Waals surface area contributed by atoms with Gasteiger partial charge in [0.2, 0.25) is 5.91 Å². The quantitative estimate of drug-likeness (QED) is 0.880. The first-order valence-corrected chi connectivity index (χ1v) is 7.82. The first-order chi connectivity index (χ1) is 10.8. The highest BCUT2D eigenvalue weighted by atomic mass is 35.5. The highest BCUT2D eigenvalue weighted by Crippen LogP contribution is 2.17. The molecule has 0 aliphatic carbocycles. The van der Waals surface area contributed by atoms with E-state index in [2.05, 4.69) is 10.3 Å². The number of anilines is 1. The van der Waals surface area contributed by atoms with Crippen LogP contribution >= 0.6 is 11.6 Å². The number of pyridine rings is 1. The lowest BCUT2D eigenvalue weighted by Crippen LogP contribution is -2.28. The van der Waals surface area contributed by atoms with Crippen LogP contribution in [0.1, 0.15) is 32.0 Å². The first kappa shape index (κ1) is 17.4. The van der Waals surface area contributed by atoms with Gasteiger partial charge in [0.25, 0.3) is 0 Å². The molecule has 0 radical (unpaired) electrons. The highest BCUT2D eigenvalue weighted by Gasteiger charge is 2.21. The molecule has 0 saturated carbocycles. The van der Waals surface area contributed by atoms with Crippen LogP contribution in [0.15, 0.2) is 42.5 Å². The Morgan fingerprint density at radius 1 is 1.17 bits per heavy atom. The number of amides is 1. The van der Waals surface area contributed by atoms with Crippen molar-refractivity contribution < 1.29 is 9.53 Å². The predicted octanol–water partition coefficient (Wildman–Crippen LogP) is 4.44. The van der Waals surface area contributed by atoms with Crippen molar-refractivity contribution >= 4 is 23.3 Å². The van der Waals surface area contributed by atoms with Crippen LogP contribution in [-0.4, -0.2) is 10.9 Å². The fraction of sp³-hybridized carbons (Fsp3) is 0.333. The van der Waals surface area contributed by atoms with E-state index in [1.165, 1.54) is 0 Å². The zero-order valence-electron chi connectivity index (χ0n) is 13.6. The number of hydrogen-bond acceptors (Lipinski definition) is 3. The van der Waals surface area contributed by atoms with Crippen molar-refractivity contribution in [3.63, 3.8) is 0 Å². The lowest BCUT2D eigenvalue weighted by Gasteiger charge is -2.17. The Hall–Kier alpha value is -1.91. The first-order valence-electron chi connectivity index (χ1n) is 7.44. The summed E-state index contributed by atoms with van der Waals surface area (Å²) < 4.78 is 5.65. The standard InChI is InChI=1S/C18H21ClN2O2/c1-18(2,3)17(22)21-16-9-5-8-15(20-16)12-23-11-13-6-4-7-14(19)10-13/h4-10H,11-12H2,1-3H3,(H,20,21,22). The van der Waals surface area contributed by atoms with E-state index in [9.17, 15) is 4.79 Å². The van der Waals surface area contributed by atoms with E-state index in [0.717, 1.165) is 11.3 Å². The molecule has 0 aliphatic rings. The summed E-state index contributed by atoms with van der Waals surface area (Å²) in [6.45, 7) is 6.41. The number of aromatic nitrogens is 1. The summed E-state index contributed by atoms with van der Waals surface area (Å²) in [5.41, 5.74) is 1.31. The lowest BCUT2D eigenvalue weighted by molar-refractivity contribution is -0.123. The van der Waals surface area contributed by atoms with Gasteiger partial charge in [-0.1, -0.05) is 50.6 Å². The second-order valence-corrected chi connectivity index (χ2v) is 6.78. The Morgan fingerprint density at radius 2 is 1.91 bits per heavy atom. The van der Waals surface area contributed by atoms with E-state index in [0.29, 0.717) is 24.1 Å². The van der Waals surface area contributed by atoms with Gasteiger partial charge < -0.3 is 10.1 Å². The average molecular weight is 333 g/mol. The monoisotopic (exact) mass is 332 g/mol. The molecule has 1 heterocycles. The van der Waals surface area contributed by atoms with E-state index in [1.807, 2.05) is 57.2 Å². The van der Waals surface area contributed by atoms with Crippen molar-refractivity contribution in [2.75, 3.05) is 5.32 Å². The van der Waals surface area contributed by atoms with Crippen molar-refractivity contribution in [2.45, 2.75) is 34.0 Å². The molecule has 0 saturated heterocycles. The Kier molecular flexibility index (Phi) is 5.74. The van der Waals surface area contributed by atoms with Crippen LogP contribution < -0.4 is 5.32 Å². The van der Waals surface area contributed by atoms with Gasteiger partial charge in [0.1, 0.15) is 5.82 Å². The second kappa shape index (κ2) is 7.57. The molecular weight excluding hydrogens is 312 g/mol. The molecule has 1 aromatic carbocycles. The van der Waals surface area contributed by atoms with E-state index in [-0.39, 0.29) is 5.91 Å². The number of ether oxygens (including phenoxy) is 1. The van der Waals surface area contributed by atoms with Crippen LogP contribution in [0.3, 0.4) is 0 Å². The number of nitrogens with one attached hydrogen (secondary N) is 1. The van der Waals surface area contributed by atoms with Gasteiger partial charge in [-0.25, -0.2) is 4.98 Å². The summed E-state index contributed by atoms with van der Waals surface area (Å²) in [4.78, 5) is 16.4. The Morgan fingerprint density at radius 3 is 2.61 bits per heavy atom. The molecule has 0 spiro atoms. The van der Waals surface area contributed by atoms with E-state index in [4.69, 9.17) is 16.3 Å². The summed E-state index contributed by atoms with van der Waals surface area (Å²) >= 11 is 5.94. The van der Waals surface area contributed by atoms with Crippen molar-refractivity contribution in [3.8, 4) is 0 Å². The largest absolute Gasteiger partial charge is 0.370 e. The minimum Gasteiger partial charge on any atom is -0.370 e. The summed E-state index contributed by atoms with van der Waals surface area (Å²) in [6.07, 6.45) is 0. The van der Waals surface area contributed by atoms with Gasteiger partial charge in [-0.3, -0.25) is 4.79 Å². The molecule has 23 heavy (non-hydrogen) atoms. The maximum atomic E-state index is 12.0. The van der Waals surface area contributed by atoms with Gasteiger partial charge in [-0.2, -0.15) is 0 Å². The van der Waals surface area contributed by atoms with Crippen LogP contribution in [0, 0.1) is 5.41 Å². The third-order valence-corrected chi connectivity index (χ3v) is 3.37. The van der Waals surface area contributed by atoms with Crippen molar-refractivity contribution in [1.29, 1.82) is 0 Å². The van der Waals surface area contributed by atoms with Gasteiger partial charge >= 0.3 is 0 Å². The van der Waals surface area contributed by atoms with Crippen LogP contribution in [0.4, 0.5) is 5.82 Å². The zero-order chi connectivity index (χ0) is 16.9. The number of carbonyl (C=O) groups is 1. The Balaban J connectivity index is 1.91. The maximum Gasteiger partial charge on any atom is 0.230 e. The highest BCUT2D eigenvalue weighted by molar-refractivity contribution is 6.30. The number of hydrogen-bond donors (Lipinski definition) is 1. The smallest absolute Gasteiger partial charge is 0.230 e. The molecular formula is C18H21ClN2O2. The number of carbonyl (C=O) groups excluding carboxylic acids is 1. The van der Waals surface area contributed by atoms with Crippen LogP contribution in [0.25, 0.3) is 0 Å². The molecule has 1 amide bonds. The minimum atomic E-state index is -0.458. The molecule has 0 aliphatic heterocycles. The van der Waals surface area contributed by atoms with Gasteiger partial charge in [0.15, 0.2) is 0 Å². The summed E-state index contributed by atoms with van der Waals surface area (Å²) in [7, 11) is 0. The molecule has 0 unspecified atom stereocenters. The molecule has 1 N–H and O–H groups in total. The van der Waals surface area contributed by atoms with E-state index < -0.39 is 5.41 Å². The van der Waals surface area contributed by atoms with Crippen LogP contribution in [0.2, 0.25) is 5.02 Å². The van der Waals surface area contributed by atoms with Crippen molar-refractivity contribution in [3.05, 3.63) is 58.7 Å². The van der Waals surface area contributed by atoms with Crippen LogP contribution in [0.5, 0.6) is 0 Å². The summed E-state index contributed by atoms with van der Waals surface area (Å²) in [5.74, 6) is 0.468. The molecule has 5 heteroatoms. The van der Waals surface area contributed by atoms with Gasteiger partial charge in [0, 0.05) is 10.4 Å². The fourth-order valence-corrected chi connectivity index (χ4v) is 2.05. The number of benzene rings is 1. The van der Waals surface area contributed by atoms with E-state index in [1.54, 1.807) is 6.07 Å². The number of rotatable bonds is 5. The molecule has 4 nitrogen and oxygen atoms in total. The Labute approximate surface area is 141 Å². The van der Waals surface area contributed by atoms with Crippen molar-refractivity contribution in [1.82, 2.24) is 4.98 Å². The predicted molar refractivity (Wildman–Crippen MR) is 92.3 cm³/mol. The number of nitrogens with zero attached hydrogens (tertiary/aromatic N) is 1. The lowest BCUT2D eigenvalue weighted by atomic mass is 9.96. The average Bonchev–Trinajstić information content (AvgIpc) is 2.47. The summed E-state index contributed by atoms with van der Waals surface area (Å²) in [6, 6.07) is 13.0. The molecule has 1 aromatic heterocycles. The van der Waals surface area contributed by atoms with Crippen LogP contribution in [-0.2, 0) is 22.7 Å².